The smallest absolute Gasteiger partial charge is 0.255 e. The van der Waals surface area contributed by atoms with E-state index in [1.165, 1.54) is 19.3 Å². The van der Waals surface area contributed by atoms with E-state index >= 15 is 0 Å². The standard InChI is InChI=1S/C18H18N4OS/c23-18(13-8-9-14-16(12-13)21-24-20-14)19-15-6-2-3-7-17(15)22-10-4-1-5-11-22/h2-3,6-9,12H,1,4-5,10-11H2,(H,19,23). The molecule has 0 bridgehead atoms. The Morgan fingerprint density at radius 3 is 2.67 bits per heavy atom. The maximum absolute atomic E-state index is 12.6. The lowest BCUT2D eigenvalue weighted by Gasteiger charge is -2.30. The molecule has 2 aromatic carbocycles. The SMILES string of the molecule is O=C(Nc1ccccc1N1CCCCC1)c1ccc2nsnc2c1. The topological polar surface area (TPSA) is 58.1 Å². The molecule has 5 nitrogen and oxygen atoms in total. The Hall–Kier alpha value is -2.47. The van der Waals surface area contributed by atoms with Crippen molar-refractivity contribution in [3.63, 3.8) is 0 Å². The molecule has 4 rings (SSSR count). The molecule has 122 valence electrons. The van der Waals surface area contributed by atoms with Crippen LogP contribution in [0.15, 0.2) is 42.5 Å². The number of piperidine rings is 1. The lowest BCUT2D eigenvalue weighted by molar-refractivity contribution is 0.102. The summed E-state index contributed by atoms with van der Waals surface area (Å²) < 4.78 is 8.37. The van der Waals surface area contributed by atoms with Crippen molar-refractivity contribution in [1.29, 1.82) is 0 Å². The Kier molecular flexibility index (Phi) is 4.13. The van der Waals surface area contributed by atoms with E-state index in [1.807, 2.05) is 24.3 Å². The highest BCUT2D eigenvalue weighted by atomic mass is 32.1. The van der Waals surface area contributed by atoms with Crippen LogP contribution in [0.4, 0.5) is 11.4 Å². The Balaban J connectivity index is 1.59. The molecule has 0 unspecified atom stereocenters. The molecule has 3 aromatic rings. The zero-order chi connectivity index (χ0) is 16.4. The van der Waals surface area contributed by atoms with Crippen molar-refractivity contribution in [2.75, 3.05) is 23.3 Å². The molecule has 2 heterocycles. The number of nitrogens with one attached hydrogen (secondary N) is 1. The number of rotatable bonds is 3. The van der Waals surface area contributed by atoms with Gasteiger partial charge < -0.3 is 10.2 Å². The largest absolute Gasteiger partial charge is 0.370 e. The Morgan fingerprint density at radius 2 is 1.79 bits per heavy atom. The fraction of sp³-hybridized carbons (Fsp3) is 0.278. The van der Waals surface area contributed by atoms with Crippen LogP contribution in [0.25, 0.3) is 11.0 Å². The minimum absolute atomic E-state index is 0.116. The number of para-hydroxylation sites is 2. The summed E-state index contributed by atoms with van der Waals surface area (Å²) in [5.74, 6) is -0.116. The van der Waals surface area contributed by atoms with Crippen LogP contribution in [0, 0.1) is 0 Å². The van der Waals surface area contributed by atoms with Gasteiger partial charge >= 0.3 is 0 Å². The molecule has 0 spiro atoms. The number of nitrogens with zero attached hydrogens (tertiary/aromatic N) is 3. The maximum Gasteiger partial charge on any atom is 0.255 e. The van der Waals surface area contributed by atoms with Crippen LogP contribution in [-0.4, -0.2) is 27.7 Å². The molecule has 1 aromatic heterocycles. The molecule has 1 aliphatic heterocycles. The van der Waals surface area contributed by atoms with Gasteiger partial charge in [0.2, 0.25) is 0 Å². The van der Waals surface area contributed by atoms with Crippen LogP contribution < -0.4 is 10.2 Å². The summed E-state index contributed by atoms with van der Waals surface area (Å²) in [7, 11) is 0. The number of aromatic nitrogens is 2. The highest BCUT2D eigenvalue weighted by Gasteiger charge is 2.16. The van der Waals surface area contributed by atoms with Gasteiger partial charge in [-0.3, -0.25) is 4.79 Å². The van der Waals surface area contributed by atoms with E-state index in [4.69, 9.17) is 0 Å². The predicted octanol–water partition coefficient (Wildman–Crippen LogP) is 3.93. The van der Waals surface area contributed by atoms with Gasteiger partial charge in [0.15, 0.2) is 0 Å². The van der Waals surface area contributed by atoms with E-state index in [9.17, 15) is 4.79 Å². The summed E-state index contributed by atoms with van der Waals surface area (Å²) in [6.07, 6.45) is 3.69. The third kappa shape index (κ3) is 2.97. The molecule has 1 saturated heterocycles. The number of fused-ring (bicyclic) bond motifs is 1. The summed E-state index contributed by atoms with van der Waals surface area (Å²) in [6, 6.07) is 13.4. The number of carbonyl (C=O) groups excluding carboxylic acids is 1. The first-order chi connectivity index (χ1) is 11.8. The van der Waals surface area contributed by atoms with Crippen molar-refractivity contribution in [1.82, 2.24) is 8.75 Å². The lowest BCUT2D eigenvalue weighted by atomic mass is 10.1. The Labute approximate surface area is 144 Å². The highest BCUT2D eigenvalue weighted by Crippen LogP contribution is 2.28. The lowest BCUT2D eigenvalue weighted by Crippen LogP contribution is -2.30. The van der Waals surface area contributed by atoms with E-state index in [-0.39, 0.29) is 5.91 Å². The number of anilines is 2. The molecule has 6 heteroatoms. The normalized spacial score (nSPS) is 14.8. The average Bonchev–Trinajstić information content (AvgIpc) is 3.10. The molecule has 0 atom stereocenters. The number of benzene rings is 2. The summed E-state index contributed by atoms with van der Waals surface area (Å²) in [5, 5.41) is 3.06. The Morgan fingerprint density at radius 1 is 1.00 bits per heavy atom. The van der Waals surface area contributed by atoms with Crippen molar-refractivity contribution < 1.29 is 4.79 Å². The van der Waals surface area contributed by atoms with E-state index < -0.39 is 0 Å². The van der Waals surface area contributed by atoms with Gasteiger partial charge in [-0.2, -0.15) is 8.75 Å². The van der Waals surface area contributed by atoms with Crippen LogP contribution in [0.5, 0.6) is 0 Å². The first-order valence-electron chi connectivity index (χ1n) is 8.19. The predicted molar refractivity (Wildman–Crippen MR) is 97.9 cm³/mol. The molecule has 0 radical (unpaired) electrons. The fourth-order valence-electron chi connectivity index (χ4n) is 3.11. The van der Waals surface area contributed by atoms with Crippen LogP contribution in [0.2, 0.25) is 0 Å². The zero-order valence-electron chi connectivity index (χ0n) is 13.2. The van der Waals surface area contributed by atoms with Crippen LogP contribution in [0.3, 0.4) is 0 Å². The highest BCUT2D eigenvalue weighted by molar-refractivity contribution is 7.00. The molecular weight excluding hydrogens is 320 g/mol. The molecule has 0 aliphatic carbocycles. The maximum atomic E-state index is 12.6. The molecule has 1 amide bonds. The fourth-order valence-corrected chi connectivity index (χ4v) is 3.63. The number of hydrogen-bond donors (Lipinski definition) is 1. The zero-order valence-corrected chi connectivity index (χ0v) is 14.1. The van der Waals surface area contributed by atoms with Gasteiger partial charge in [0.1, 0.15) is 11.0 Å². The van der Waals surface area contributed by atoms with Crippen LogP contribution in [0.1, 0.15) is 29.6 Å². The van der Waals surface area contributed by atoms with Crippen molar-refractivity contribution in [2.45, 2.75) is 19.3 Å². The molecule has 0 saturated carbocycles. The van der Waals surface area contributed by atoms with E-state index in [1.54, 1.807) is 12.1 Å². The third-order valence-electron chi connectivity index (χ3n) is 4.36. The monoisotopic (exact) mass is 338 g/mol. The van der Waals surface area contributed by atoms with Crippen molar-refractivity contribution in [3.05, 3.63) is 48.0 Å². The third-order valence-corrected chi connectivity index (χ3v) is 4.92. The van der Waals surface area contributed by atoms with Gasteiger partial charge in [0, 0.05) is 18.7 Å². The van der Waals surface area contributed by atoms with Crippen molar-refractivity contribution in [2.24, 2.45) is 0 Å². The van der Waals surface area contributed by atoms with E-state index in [0.29, 0.717) is 5.56 Å². The summed E-state index contributed by atoms with van der Waals surface area (Å²) in [5.41, 5.74) is 4.15. The second kappa shape index (κ2) is 6.57. The second-order valence-corrected chi connectivity index (χ2v) is 6.52. The quantitative estimate of drug-likeness (QED) is 0.786. The van der Waals surface area contributed by atoms with Gasteiger partial charge in [-0.05, 0) is 49.6 Å². The minimum atomic E-state index is -0.116. The molecular formula is C18H18N4OS. The van der Waals surface area contributed by atoms with Crippen LogP contribution in [-0.2, 0) is 0 Å². The molecule has 1 N–H and O–H groups in total. The first-order valence-corrected chi connectivity index (χ1v) is 8.92. The van der Waals surface area contributed by atoms with Gasteiger partial charge in [0.25, 0.3) is 5.91 Å². The van der Waals surface area contributed by atoms with E-state index in [2.05, 4.69) is 25.0 Å². The summed E-state index contributed by atoms with van der Waals surface area (Å²) in [4.78, 5) is 15.0. The molecule has 1 fully saturated rings. The van der Waals surface area contributed by atoms with Gasteiger partial charge in [-0.1, -0.05) is 12.1 Å². The van der Waals surface area contributed by atoms with Crippen LogP contribution >= 0.6 is 11.7 Å². The first kappa shape index (κ1) is 15.1. The van der Waals surface area contributed by atoms with Crippen molar-refractivity contribution in [3.8, 4) is 0 Å². The number of carbonyl (C=O) groups is 1. The Bertz CT molecular complexity index is 870. The van der Waals surface area contributed by atoms with Gasteiger partial charge in [0.05, 0.1) is 23.1 Å². The van der Waals surface area contributed by atoms with E-state index in [0.717, 1.165) is 47.2 Å². The number of hydrogen-bond acceptors (Lipinski definition) is 5. The molecule has 1 aliphatic rings. The summed E-state index contributed by atoms with van der Waals surface area (Å²) in [6.45, 7) is 2.09. The number of amides is 1. The molecule has 24 heavy (non-hydrogen) atoms. The van der Waals surface area contributed by atoms with Gasteiger partial charge in [-0.15, -0.1) is 0 Å². The average molecular weight is 338 g/mol. The minimum Gasteiger partial charge on any atom is -0.370 e. The van der Waals surface area contributed by atoms with Crippen molar-refractivity contribution >= 4 is 40.0 Å². The second-order valence-electron chi connectivity index (χ2n) is 5.99. The van der Waals surface area contributed by atoms with Gasteiger partial charge in [-0.25, -0.2) is 0 Å². The summed E-state index contributed by atoms with van der Waals surface area (Å²) >= 11 is 1.16.